The third-order valence-corrected chi connectivity index (χ3v) is 3.09. The van der Waals surface area contributed by atoms with Gasteiger partial charge in [-0.25, -0.2) is 0 Å². The summed E-state index contributed by atoms with van der Waals surface area (Å²) in [6.07, 6.45) is 4.78. The van der Waals surface area contributed by atoms with E-state index in [0.29, 0.717) is 17.9 Å². The molecule has 0 unspecified atom stereocenters. The van der Waals surface area contributed by atoms with Crippen LogP contribution in [0.5, 0.6) is 11.5 Å². The van der Waals surface area contributed by atoms with E-state index in [-0.39, 0.29) is 0 Å². The number of aldehydes is 1. The van der Waals surface area contributed by atoms with Crippen LogP contribution in [0.2, 0.25) is 0 Å². The molecule has 0 heterocycles. The molecule has 0 fully saturated rings. The first kappa shape index (κ1) is 14.9. The highest BCUT2D eigenvalue weighted by molar-refractivity contribution is 5.75. The fraction of sp³-hybridized carbons (Fsp3) is 0.167. The van der Waals surface area contributed by atoms with Crippen LogP contribution in [0.4, 0.5) is 0 Å². The minimum Gasteiger partial charge on any atom is -0.496 e. The standard InChI is InChI=1S/C18H18O3/c1-3-6-15-7-4-5-8-18(15)21-13-16-11-14(12-19)9-10-17(16)20-2/h3-12H,13H2,1-2H3. The molecule has 21 heavy (non-hydrogen) atoms. The van der Waals surface area contributed by atoms with E-state index < -0.39 is 0 Å². The van der Waals surface area contributed by atoms with E-state index in [1.807, 2.05) is 43.3 Å². The fourth-order valence-electron chi connectivity index (χ4n) is 2.07. The number of para-hydroxylation sites is 1. The van der Waals surface area contributed by atoms with Crippen molar-refractivity contribution >= 4 is 12.4 Å². The van der Waals surface area contributed by atoms with Crippen LogP contribution in [0.1, 0.15) is 28.4 Å². The fourth-order valence-corrected chi connectivity index (χ4v) is 2.07. The zero-order chi connectivity index (χ0) is 15.1. The molecule has 0 atom stereocenters. The maximum atomic E-state index is 10.9. The Balaban J connectivity index is 2.21. The first-order valence-electron chi connectivity index (χ1n) is 6.75. The molecule has 0 radical (unpaired) electrons. The van der Waals surface area contributed by atoms with Crippen molar-refractivity contribution in [2.75, 3.05) is 7.11 Å². The molecule has 0 bridgehead atoms. The summed E-state index contributed by atoms with van der Waals surface area (Å²) in [5.74, 6) is 1.51. The van der Waals surface area contributed by atoms with Crippen LogP contribution < -0.4 is 9.47 Å². The molecule has 0 aliphatic rings. The largest absolute Gasteiger partial charge is 0.496 e. The summed E-state index contributed by atoms with van der Waals surface area (Å²) in [5, 5.41) is 0. The van der Waals surface area contributed by atoms with E-state index in [1.165, 1.54) is 0 Å². The SMILES string of the molecule is CC=Cc1ccccc1OCc1cc(C=O)ccc1OC. The molecule has 0 aliphatic carbocycles. The predicted molar refractivity (Wildman–Crippen MR) is 83.9 cm³/mol. The van der Waals surface area contributed by atoms with Crippen molar-refractivity contribution in [2.24, 2.45) is 0 Å². The number of carbonyl (C=O) groups is 1. The zero-order valence-electron chi connectivity index (χ0n) is 12.2. The average molecular weight is 282 g/mol. The Kier molecular flexibility index (Phi) is 5.16. The van der Waals surface area contributed by atoms with Gasteiger partial charge in [0.05, 0.1) is 7.11 Å². The third-order valence-electron chi connectivity index (χ3n) is 3.09. The molecule has 2 rings (SSSR count). The minimum atomic E-state index is 0.347. The van der Waals surface area contributed by atoms with E-state index >= 15 is 0 Å². The Morgan fingerprint density at radius 1 is 1.10 bits per heavy atom. The van der Waals surface area contributed by atoms with Gasteiger partial charge in [0.15, 0.2) is 0 Å². The molecule has 3 heteroatoms. The molecule has 2 aromatic carbocycles. The van der Waals surface area contributed by atoms with Crippen LogP contribution in [-0.4, -0.2) is 13.4 Å². The third kappa shape index (κ3) is 3.72. The zero-order valence-corrected chi connectivity index (χ0v) is 12.2. The Morgan fingerprint density at radius 3 is 2.62 bits per heavy atom. The van der Waals surface area contributed by atoms with Crippen LogP contribution in [-0.2, 0) is 6.61 Å². The Morgan fingerprint density at radius 2 is 1.90 bits per heavy atom. The molecule has 0 spiro atoms. The highest BCUT2D eigenvalue weighted by Crippen LogP contribution is 2.24. The highest BCUT2D eigenvalue weighted by atomic mass is 16.5. The van der Waals surface area contributed by atoms with Crippen molar-refractivity contribution in [3.05, 3.63) is 65.2 Å². The number of benzene rings is 2. The summed E-state index contributed by atoms with van der Waals surface area (Å²) in [6.45, 7) is 2.31. The summed E-state index contributed by atoms with van der Waals surface area (Å²) >= 11 is 0. The predicted octanol–water partition coefficient (Wildman–Crippen LogP) is 4.12. The van der Waals surface area contributed by atoms with E-state index in [2.05, 4.69) is 0 Å². The van der Waals surface area contributed by atoms with Gasteiger partial charge in [0.1, 0.15) is 24.4 Å². The average Bonchev–Trinajstić information content (AvgIpc) is 2.54. The van der Waals surface area contributed by atoms with Crippen molar-refractivity contribution < 1.29 is 14.3 Å². The Bertz CT molecular complexity index is 645. The second-order valence-corrected chi connectivity index (χ2v) is 4.52. The Labute approximate surface area is 124 Å². The minimum absolute atomic E-state index is 0.347. The number of rotatable bonds is 6. The topological polar surface area (TPSA) is 35.5 Å². The molecule has 2 aromatic rings. The van der Waals surface area contributed by atoms with Gasteiger partial charge in [-0.15, -0.1) is 0 Å². The van der Waals surface area contributed by atoms with Crippen molar-refractivity contribution in [3.63, 3.8) is 0 Å². The lowest BCUT2D eigenvalue weighted by molar-refractivity contribution is 0.112. The van der Waals surface area contributed by atoms with Crippen LogP contribution in [0.3, 0.4) is 0 Å². The number of carbonyl (C=O) groups excluding carboxylic acids is 1. The Hall–Kier alpha value is -2.55. The smallest absolute Gasteiger partial charge is 0.150 e. The van der Waals surface area contributed by atoms with Crippen molar-refractivity contribution in [1.82, 2.24) is 0 Å². The molecule has 0 N–H and O–H groups in total. The van der Waals surface area contributed by atoms with Gasteiger partial charge in [0.2, 0.25) is 0 Å². The van der Waals surface area contributed by atoms with Crippen molar-refractivity contribution in [3.8, 4) is 11.5 Å². The summed E-state index contributed by atoms with van der Waals surface area (Å²) < 4.78 is 11.2. The molecular weight excluding hydrogens is 264 g/mol. The maximum absolute atomic E-state index is 10.9. The summed E-state index contributed by atoms with van der Waals surface area (Å²) in [6, 6.07) is 13.1. The summed E-state index contributed by atoms with van der Waals surface area (Å²) in [4.78, 5) is 10.9. The number of methoxy groups -OCH3 is 1. The van der Waals surface area contributed by atoms with E-state index in [4.69, 9.17) is 9.47 Å². The van der Waals surface area contributed by atoms with Crippen molar-refractivity contribution in [1.29, 1.82) is 0 Å². The maximum Gasteiger partial charge on any atom is 0.150 e. The van der Waals surface area contributed by atoms with Crippen LogP contribution in [0, 0.1) is 0 Å². The quantitative estimate of drug-likeness (QED) is 0.748. The van der Waals surface area contributed by atoms with Crippen LogP contribution in [0.25, 0.3) is 6.08 Å². The second kappa shape index (κ2) is 7.29. The normalized spacial score (nSPS) is 10.6. The van der Waals surface area contributed by atoms with Gasteiger partial charge in [-0.1, -0.05) is 30.4 Å². The van der Waals surface area contributed by atoms with Gasteiger partial charge in [-0.3, -0.25) is 4.79 Å². The van der Waals surface area contributed by atoms with Crippen LogP contribution in [0.15, 0.2) is 48.5 Å². The van der Waals surface area contributed by atoms with E-state index in [0.717, 1.165) is 23.2 Å². The van der Waals surface area contributed by atoms with Gasteiger partial charge in [-0.2, -0.15) is 0 Å². The molecule has 0 amide bonds. The van der Waals surface area contributed by atoms with Crippen molar-refractivity contribution in [2.45, 2.75) is 13.5 Å². The molecule has 108 valence electrons. The number of ether oxygens (including phenoxy) is 2. The van der Waals surface area contributed by atoms with E-state index in [1.54, 1.807) is 25.3 Å². The molecule has 3 nitrogen and oxygen atoms in total. The first-order chi connectivity index (χ1) is 10.3. The van der Waals surface area contributed by atoms with Gasteiger partial charge < -0.3 is 9.47 Å². The molecule has 0 saturated carbocycles. The number of hydrogen-bond acceptors (Lipinski definition) is 3. The second-order valence-electron chi connectivity index (χ2n) is 4.52. The van der Waals surface area contributed by atoms with E-state index in [9.17, 15) is 4.79 Å². The molecule has 0 saturated heterocycles. The summed E-state index contributed by atoms with van der Waals surface area (Å²) in [7, 11) is 1.60. The molecular formula is C18H18O3. The lowest BCUT2D eigenvalue weighted by Crippen LogP contribution is -2.00. The van der Waals surface area contributed by atoms with Gasteiger partial charge >= 0.3 is 0 Å². The van der Waals surface area contributed by atoms with Crippen LogP contribution >= 0.6 is 0 Å². The molecule has 0 aromatic heterocycles. The van der Waals surface area contributed by atoms with Gasteiger partial charge in [0.25, 0.3) is 0 Å². The van der Waals surface area contributed by atoms with Gasteiger partial charge in [-0.05, 0) is 31.2 Å². The first-order valence-corrected chi connectivity index (χ1v) is 6.75. The molecule has 0 aliphatic heterocycles. The summed E-state index contributed by atoms with van der Waals surface area (Å²) in [5.41, 5.74) is 2.47. The lowest BCUT2D eigenvalue weighted by atomic mass is 10.1. The van der Waals surface area contributed by atoms with Gasteiger partial charge in [0, 0.05) is 16.7 Å². The highest BCUT2D eigenvalue weighted by Gasteiger charge is 2.07. The number of hydrogen-bond donors (Lipinski definition) is 0. The monoisotopic (exact) mass is 282 g/mol. The lowest BCUT2D eigenvalue weighted by Gasteiger charge is -2.12. The number of allylic oxidation sites excluding steroid dienone is 1.